The van der Waals surface area contributed by atoms with E-state index in [9.17, 15) is 9.18 Å². The molecule has 0 radical (unpaired) electrons. The van der Waals surface area contributed by atoms with Crippen LogP contribution in [0.2, 0.25) is 5.02 Å². The first kappa shape index (κ1) is 11.9. The van der Waals surface area contributed by atoms with E-state index in [2.05, 4.69) is 5.32 Å². The number of nitrogens with two attached hydrogens (primary N) is 1. The SMILES string of the molecule is CC(CN)NC(=O)c1ccc(Cl)c(F)c1. The van der Waals surface area contributed by atoms with E-state index in [0.717, 1.165) is 6.07 Å². The normalized spacial score (nSPS) is 12.3. The highest BCUT2D eigenvalue weighted by molar-refractivity contribution is 6.30. The fourth-order valence-corrected chi connectivity index (χ4v) is 1.12. The van der Waals surface area contributed by atoms with Crippen LogP contribution in [0.5, 0.6) is 0 Å². The van der Waals surface area contributed by atoms with Crippen molar-refractivity contribution in [2.75, 3.05) is 6.54 Å². The van der Waals surface area contributed by atoms with Crippen molar-refractivity contribution in [3.63, 3.8) is 0 Å². The van der Waals surface area contributed by atoms with E-state index in [0.29, 0.717) is 6.54 Å². The third kappa shape index (κ3) is 3.18. The maximum Gasteiger partial charge on any atom is 0.251 e. The molecule has 1 amide bonds. The molecule has 1 rings (SSSR count). The van der Waals surface area contributed by atoms with Crippen LogP contribution in [0.15, 0.2) is 18.2 Å². The van der Waals surface area contributed by atoms with Gasteiger partial charge in [-0.05, 0) is 25.1 Å². The molecule has 1 aromatic rings. The third-order valence-corrected chi connectivity index (χ3v) is 2.22. The Labute approximate surface area is 92.4 Å². The average Bonchev–Trinajstić information content (AvgIpc) is 2.21. The summed E-state index contributed by atoms with van der Waals surface area (Å²) >= 11 is 5.49. The Morgan fingerprint density at radius 3 is 2.87 bits per heavy atom. The zero-order valence-corrected chi connectivity index (χ0v) is 9.01. The van der Waals surface area contributed by atoms with E-state index < -0.39 is 5.82 Å². The Hall–Kier alpha value is -1.13. The first-order chi connectivity index (χ1) is 7.04. The number of carbonyl (C=O) groups excluding carboxylic acids is 1. The summed E-state index contributed by atoms with van der Waals surface area (Å²) in [6, 6.07) is 3.76. The largest absolute Gasteiger partial charge is 0.348 e. The molecular weight excluding hydrogens is 219 g/mol. The van der Waals surface area contributed by atoms with Crippen molar-refractivity contribution in [2.45, 2.75) is 13.0 Å². The molecule has 0 saturated carbocycles. The van der Waals surface area contributed by atoms with Gasteiger partial charge in [0.15, 0.2) is 0 Å². The first-order valence-corrected chi connectivity index (χ1v) is 4.88. The predicted molar refractivity (Wildman–Crippen MR) is 57.4 cm³/mol. The molecule has 0 bridgehead atoms. The van der Waals surface area contributed by atoms with Crippen LogP contribution in [0.3, 0.4) is 0 Å². The second-order valence-electron chi connectivity index (χ2n) is 3.24. The molecule has 0 aliphatic heterocycles. The highest BCUT2D eigenvalue weighted by Gasteiger charge is 2.10. The van der Waals surface area contributed by atoms with Crippen LogP contribution in [0.25, 0.3) is 0 Å². The lowest BCUT2D eigenvalue weighted by molar-refractivity contribution is 0.0941. The minimum atomic E-state index is -0.607. The lowest BCUT2D eigenvalue weighted by Crippen LogP contribution is -2.37. The topological polar surface area (TPSA) is 55.1 Å². The molecule has 1 unspecified atom stereocenters. The summed E-state index contributed by atoms with van der Waals surface area (Å²) in [5, 5.41) is 2.62. The second kappa shape index (κ2) is 5.09. The van der Waals surface area contributed by atoms with Crippen LogP contribution >= 0.6 is 11.6 Å². The highest BCUT2D eigenvalue weighted by Crippen LogP contribution is 2.15. The first-order valence-electron chi connectivity index (χ1n) is 4.50. The Bertz CT molecular complexity index is 370. The van der Waals surface area contributed by atoms with E-state index in [1.165, 1.54) is 12.1 Å². The maximum atomic E-state index is 13.0. The van der Waals surface area contributed by atoms with Gasteiger partial charge < -0.3 is 11.1 Å². The predicted octanol–water partition coefficient (Wildman–Crippen LogP) is 1.56. The van der Waals surface area contributed by atoms with Crippen LogP contribution in [0.4, 0.5) is 4.39 Å². The van der Waals surface area contributed by atoms with E-state index in [4.69, 9.17) is 17.3 Å². The zero-order chi connectivity index (χ0) is 11.4. The number of amides is 1. The number of nitrogens with one attached hydrogen (secondary N) is 1. The molecule has 0 saturated heterocycles. The third-order valence-electron chi connectivity index (χ3n) is 1.91. The summed E-state index contributed by atoms with van der Waals surface area (Å²) in [6.07, 6.45) is 0. The molecule has 0 spiro atoms. The van der Waals surface area contributed by atoms with Gasteiger partial charge in [0.1, 0.15) is 5.82 Å². The fraction of sp³-hybridized carbons (Fsp3) is 0.300. The molecule has 1 atom stereocenters. The number of halogens is 2. The molecule has 0 heterocycles. The molecule has 3 nitrogen and oxygen atoms in total. The van der Waals surface area contributed by atoms with Crippen molar-refractivity contribution in [1.29, 1.82) is 0 Å². The van der Waals surface area contributed by atoms with Crippen molar-refractivity contribution in [1.82, 2.24) is 5.32 Å². The molecule has 15 heavy (non-hydrogen) atoms. The quantitative estimate of drug-likeness (QED) is 0.828. The van der Waals surface area contributed by atoms with Crippen molar-refractivity contribution >= 4 is 17.5 Å². The minimum Gasteiger partial charge on any atom is -0.348 e. The number of benzene rings is 1. The van der Waals surface area contributed by atoms with Gasteiger partial charge in [0.2, 0.25) is 0 Å². The molecule has 0 aromatic heterocycles. The lowest BCUT2D eigenvalue weighted by Gasteiger charge is -2.11. The van der Waals surface area contributed by atoms with Crippen molar-refractivity contribution in [2.24, 2.45) is 5.73 Å². The number of carbonyl (C=O) groups is 1. The summed E-state index contributed by atoms with van der Waals surface area (Å²) in [7, 11) is 0. The van der Waals surface area contributed by atoms with Gasteiger partial charge in [-0.15, -0.1) is 0 Å². The van der Waals surface area contributed by atoms with E-state index >= 15 is 0 Å². The lowest BCUT2D eigenvalue weighted by atomic mass is 10.2. The van der Waals surface area contributed by atoms with E-state index in [-0.39, 0.29) is 22.5 Å². The number of hydrogen-bond acceptors (Lipinski definition) is 2. The summed E-state index contributed by atoms with van der Waals surface area (Å²) in [6.45, 7) is 2.10. The molecular formula is C10H12ClFN2O. The summed E-state index contributed by atoms with van der Waals surface area (Å²) in [5.41, 5.74) is 5.58. The molecule has 0 aliphatic rings. The van der Waals surface area contributed by atoms with Crippen molar-refractivity contribution < 1.29 is 9.18 Å². The minimum absolute atomic E-state index is 0.00146. The maximum absolute atomic E-state index is 13.0. The van der Waals surface area contributed by atoms with Gasteiger partial charge in [-0.2, -0.15) is 0 Å². The summed E-state index contributed by atoms with van der Waals surface area (Å²) in [4.78, 5) is 11.5. The Balaban J connectivity index is 2.78. The van der Waals surface area contributed by atoms with Gasteiger partial charge in [-0.25, -0.2) is 4.39 Å². The molecule has 5 heteroatoms. The highest BCUT2D eigenvalue weighted by atomic mass is 35.5. The van der Waals surface area contributed by atoms with Gasteiger partial charge in [0.05, 0.1) is 5.02 Å². The second-order valence-corrected chi connectivity index (χ2v) is 3.65. The van der Waals surface area contributed by atoms with E-state index in [1.807, 2.05) is 0 Å². The monoisotopic (exact) mass is 230 g/mol. The zero-order valence-electron chi connectivity index (χ0n) is 8.26. The summed E-state index contributed by atoms with van der Waals surface area (Å²) < 4.78 is 13.0. The molecule has 3 N–H and O–H groups in total. The van der Waals surface area contributed by atoms with Gasteiger partial charge in [0, 0.05) is 18.2 Å². The van der Waals surface area contributed by atoms with Gasteiger partial charge >= 0.3 is 0 Å². The van der Waals surface area contributed by atoms with Crippen LogP contribution in [-0.4, -0.2) is 18.5 Å². The Morgan fingerprint density at radius 2 is 2.33 bits per heavy atom. The van der Waals surface area contributed by atoms with Gasteiger partial charge in [-0.1, -0.05) is 11.6 Å². The standard InChI is InChI=1S/C10H12ClFN2O/c1-6(5-13)14-10(15)7-2-3-8(11)9(12)4-7/h2-4,6H,5,13H2,1H3,(H,14,15). The van der Waals surface area contributed by atoms with E-state index in [1.54, 1.807) is 6.92 Å². The van der Waals surface area contributed by atoms with Crippen molar-refractivity contribution in [3.8, 4) is 0 Å². The Kier molecular flexibility index (Phi) is 4.05. The van der Waals surface area contributed by atoms with Crippen LogP contribution in [0.1, 0.15) is 17.3 Å². The number of rotatable bonds is 3. The van der Waals surface area contributed by atoms with Crippen molar-refractivity contribution in [3.05, 3.63) is 34.6 Å². The average molecular weight is 231 g/mol. The van der Waals surface area contributed by atoms with Crippen LogP contribution in [-0.2, 0) is 0 Å². The smallest absolute Gasteiger partial charge is 0.251 e. The fourth-order valence-electron chi connectivity index (χ4n) is 1.00. The van der Waals surface area contributed by atoms with Crippen LogP contribution in [0, 0.1) is 5.82 Å². The Morgan fingerprint density at radius 1 is 1.67 bits per heavy atom. The van der Waals surface area contributed by atoms with Crippen LogP contribution < -0.4 is 11.1 Å². The molecule has 1 aromatic carbocycles. The summed E-state index contributed by atoms with van der Waals surface area (Å²) in [5.74, 6) is -0.965. The van der Waals surface area contributed by atoms with Gasteiger partial charge in [-0.3, -0.25) is 4.79 Å². The molecule has 0 aliphatic carbocycles. The number of hydrogen-bond donors (Lipinski definition) is 2. The molecule has 82 valence electrons. The molecule has 0 fully saturated rings. The van der Waals surface area contributed by atoms with Gasteiger partial charge in [0.25, 0.3) is 5.91 Å².